The summed E-state index contributed by atoms with van der Waals surface area (Å²) in [5.41, 5.74) is 1.07. The van der Waals surface area contributed by atoms with Crippen molar-refractivity contribution in [1.29, 1.82) is 0 Å². The Kier molecular flexibility index (Phi) is 11.0. The van der Waals surface area contributed by atoms with Crippen molar-refractivity contribution < 1.29 is 33.3 Å². The van der Waals surface area contributed by atoms with Crippen molar-refractivity contribution in [2.24, 2.45) is 10.8 Å². The van der Waals surface area contributed by atoms with E-state index in [1.54, 1.807) is 79.0 Å². The van der Waals surface area contributed by atoms with E-state index in [0.29, 0.717) is 40.7 Å². The van der Waals surface area contributed by atoms with Gasteiger partial charge in [0.1, 0.15) is 23.0 Å². The van der Waals surface area contributed by atoms with Gasteiger partial charge in [0.2, 0.25) is 0 Å². The van der Waals surface area contributed by atoms with Crippen LogP contribution in [-0.2, 0) is 9.59 Å². The third-order valence-electron chi connectivity index (χ3n) is 6.29. The van der Waals surface area contributed by atoms with Gasteiger partial charge < -0.3 is 18.9 Å². The van der Waals surface area contributed by atoms with E-state index in [4.69, 9.17) is 18.9 Å². The Bertz CT molecular complexity index is 1280. The molecule has 0 unspecified atom stereocenters. The minimum absolute atomic E-state index is 0.0163. The Morgan fingerprint density at radius 1 is 0.756 bits per heavy atom. The number of ether oxygens (including phenoxy) is 4. The van der Waals surface area contributed by atoms with Crippen molar-refractivity contribution in [3.05, 3.63) is 52.6 Å². The zero-order valence-corrected chi connectivity index (χ0v) is 26.7. The predicted octanol–water partition coefficient (Wildman–Crippen LogP) is 8.14. The van der Waals surface area contributed by atoms with Gasteiger partial charge in [-0.25, -0.2) is 0 Å². The largest absolute Gasteiger partial charge is 0.496 e. The second kappa shape index (κ2) is 13.4. The van der Waals surface area contributed by atoms with Crippen LogP contribution in [0, 0.1) is 10.8 Å². The number of methoxy groups -OCH3 is 1. The molecule has 0 aliphatic rings. The van der Waals surface area contributed by atoms with Gasteiger partial charge >= 0.3 is 11.9 Å². The molecule has 0 spiro atoms. The average Bonchev–Trinajstić information content (AvgIpc) is 2.86. The zero-order chi connectivity index (χ0) is 31.3. The predicted molar refractivity (Wildman–Crippen MR) is 162 cm³/mol. The number of esters is 2. The highest BCUT2D eigenvalue weighted by Gasteiger charge is 2.33. The van der Waals surface area contributed by atoms with Crippen molar-refractivity contribution in [2.75, 3.05) is 13.7 Å². The molecule has 2 rings (SSSR count). The molecule has 7 heteroatoms. The Labute approximate surface area is 245 Å². The Balaban J connectivity index is 2.70. The molecule has 2 aromatic carbocycles. The molecule has 224 valence electrons. The SMILES string of the molecule is CCOc1c(C=CC(=O)c2ccc(OC(=O)C(C)(C)C)cc2)c(OC(=O)C(C)(C)C)c(C(C)C)c(OC)c1C(C)C. The lowest BCUT2D eigenvalue weighted by molar-refractivity contribution is -0.143. The molecule has 0 saturated heterocycles. The van der Waals surface area contributed by atoms with E-state index < -0.39 is 16.8 Å². The first kappa shape index (κ1) is 33.6. The first-order valence-corrected chi connectivity index (χ1v) is 14.1. The molecular formula is C34H46O7. The second-order valence-corrected chi connectivity index (χ2v) is 12.7. The van der Waals surface area contributed by atoms with Gasteiger partial charge in [-0.2, -0.15) is 0 Å². The monoisotopic (exact) mass is 566 g/mol. The third kappa shape index (κ3) is 8.21. The standard InChI is InChI=1S/C34H46O7/c1-13-39-28-24(18-19-25(35)22-14-16-23(17-15-22)40-31(36)33(6,7)8)29(41-32(37)34(9,10)11)27(21(4)5)30(38-12)26(28)20(2)3/h14-21H,13H2,1-12H3. The number of benzene rings is 2. The second-order valence-electron chi connectivity index (χ2n) is 12.7. The van der Waals surface area contributed by atoms with Crippen LogP contribution in [0.25, 0.3) is 6.08 Å². The number of hydrogen-bond acceptors (Lipinski definition) is 7. The first-order chi connectivity index (χ1) is 18.9. The van der Waals surface area contributed by atoms with Gasteiger partial charge in [-0.15, -0.1) is 0 Å². The van der Waals surface area contributed by atoms with Gasteiger partial charge in [-0.1, -0.05) is 27.7 Å². The van der Waals surface area contributed by atoms with Crippen molar-refractivity contribution in [3.8, 4) is 23.0 Å². The number of carbonyl (C=O) groups excluding carboxylic acids is 3. The van der Waals surface area contributed by atoms with E-state index in [1.807, 2.05) is 34.6 Å². The zero-order valence-electron chi connectivity index (χ0n) is 26.7. The van der Waals surface area contributed by atoms with Gasteiger partial charge in [0.25, 0.3) is 0 Å². The maximum Gasteiger partial charge on any atom is 0.316 e. The number of carbonyl (C=O) groups is 3. The lowest BCUT2D eigenvalue weighted by Gasteiger charge is -2.28. The van der Waals surface area contributed by atoms with Crippen LogP contribution in [0.2, 0.25) is 0 Å². The molecule has 0 fully saturated rings. The summed E-state index contributed by atoms with van der Waals surface area (Å²) in [7, 11) is 1.60. The topological polar surface area (TPSA) is 88.1 Å². The van der Waals surface area contributed by atoms with Crippen molar-refractivity contribution in [2.45, 2.75) is 88.0 Å². The van der Waals surface area contributed by atoms with Crippen LogP contribution >= 0.6 is 0 Å². The Hall–Kier alpha value is -3.61. The molecule has 0 amide bonds. The quantitative estimate of drug-likeness (QED) is 0.124. The minimum Gasteiger partial charge on any atom is -0.496 e. The lowest BCUT2D eigenvalue weighted by atomic mass is 9.88. The fourth-order valence-electron chi connectivity index (χ4n) is 4.02. The normalized spacial score (nSPS) is 12.1. The summed E-state index contributed by atoms with van der Waals surface area (Å²) in [5.74, 6) is 0.697. The fourth-order valence-corrected chi connectivity index (χ4v) is 4.02. The molecule has 0 aliphatic carbocycles. The van der Waals surface area contributed by atoms with Gasteiger partial charge in [0.15, 0.2) is 5.78 Å². The molecule has 0 aromatic heterocycles. The van der Waals surface area contributed by atoms with E-state index in [1.165, 1.54) is 6.08 Å². The molecular weight excluding hydrogens is 520 g/mol. The van der Waals surface area contributed by atoms with Gasteiger partial charge in [0, 0.05) is 16.7 Å². The summed E-state index contributed by atoms with van der Waals surface area (Å²) in [4.78, 5) is 38.6. The summed E-state index contributed by atoms with van der Waals surface area (Å²) in [6, 6.07) is 6.39. The highest BCUT2D eigenvalue weighted by atomic mass is 16.5. The number of ketones is 1. The van der Waals surface area contributed by atoms with Crippen molar-refractivity contribution in [1.82, 2.24) is 0 Å². The average molecular weight is 567 g/mol. The summed E-state index contributed by atoms with van der Waals surface area (Å²) in [6.45, 7) is 21.0. The highest BCUT2D eigenvalue weighted by molar-refractivity contribution is 6.07. The molecule has 7 nitrogen and oxygen atoms in total. The molecule has 41 heavy (non-hydrogen) atoms. The van der Waals surface area contributed by atoms with Crippen LogP contribution in [0.5, 0.6) is 23.0 Å². The van der Waals surface area contributed by atoms with E-state index >= 15 is 0 Å². The van der Waals surface area contributed by atoms with Gasteiger partial charge in [-0.3, -0.25) is 14.4 Å². The van der Waals surface area contributed by atoms with Crippen LogP contribution in [0.15, 0.2) is 30.3 Å². The maximum absolute atomic E-state index is 13.3. The molecule has 0 aliphatic heterocycles. The van der Waals surface area contributed by atoms with Crippen molar-refractivity contribution in [3.63, 3.8) is 0 Å². The summed E-state index contributed by atoms with van der Waals surface area (Å²) < 4.78 is 23.5. The maximum atomic E-state index is 13.3. The van der Waals surface area contributed by atoms with Gasteiger partial charge in [0.05, 0.1) is 30.1 Å². The van der Waals surface area contributed by atoms with E-state index in [-0.39, 0.29) is 23.6 Å². The summed E-state index contributed by atoms with van der Waals surface area (Å²) in [5, 5.41) is 0. The third-order valence-corrected chi connectivity index (χ3v) is 6.29. The van der Waals surface area contributed by atoms with E-state index in [0.717, 1.165) is 11.1 Å². The molecule has 0 bridgehead atoms. The molecule has 0 radical (unpaired) electrons. The molecule has 0 heterocycles. The van der Waals surface area contributed by atoms with Gasteiger partial charge in [-0.05, 0) is 96.7 Å². The van der Waals surface area contributed by atoms with Crippen LogP contribution in [0.1, 0.15) is 115 Å². The van der Waals surface area contributed by atoms with E-state index in [9.17, 15) is 14.4 Å². The van der Waals surface area contributed by atoms with Crippen LogP contribution in [0.3, 0.4) is 0 Å². The molecule has 2 aromatic rings. The summed E-state index contributed by atoms with van der Waals surface area (Å²) in [6.07, 6.45) is 3.08. The minimum atomic E-state index is -0.765. The summed E-state index contributed by atoms with van der Waals surface area (Å²) >= 11 is 0. The number of hydrogen-bond donors (Lipinski definition) is 0. The van der Waals surface area contributed by atoms with Crippen LogP contribution < -0.4 is 18.9 Å². The highest BCUT2D eigenvalue weighted by Crippen LogP contribution is 2.50. The molecule has 0 saturated carbocycles. The van der Waals surface area contributed by atoms with Crippen molar-refractivity contribution >= 4 is 23.8 Å². The Morgan fingerprint density at radius 2 is 1.24 bits per heavy atom. The fraction of sp³-hybridized carbons (Fsp3) is 0.500. The number of allylic oxidation sites excluding steroid dienone is 1. The first-order valence-electron chi connectivity index (χ1n) is 14.1. The van der Waals surface area contributed by atoms with Crippen LogP contribution in [0.4, 0.5) is 0 Å². The smallest absolute Gasteiger partial charge is 0.316 e. The molecule has 0 atom stereocenters. The van der Waals surface area contributed by atoms with Crippen LogP contribution in [-0.4, -0.2) is 31.4 Å². The lowest BCUT2D eigenvalue weighted by Crippen LogP contribution is -2.27. The Morgan fingerprint density at radius 3 is 1.68 bits per heavy atom. The molecule has 0 N–H and O–H groups in total. The number of rotatable bonds is 10. The van der Waals surface area contributed by atoms with E-state index in [2.05, 4.69) is 0 Å².